The van der Waals surface area contributed by atoms with Crippen molar-refractivity contribution < 1.29 is 87.9 Å². The first-order valence-electron chi connectivity index (χ1n) is 24.7. The Morgan fingerprint density at radius 3 is 1.62 bits per heavy atom. The average molecular weight is 969 g/mol. The molecule has 13 atom stereocenters. The Hall–Kier alpha value is -1.87. The molecule has 66 heavy (non-hydrogen) atoms. The van der Waals surface area contributed by atoms with Gasteiger partial charge in [0.2, 0.25) is 0 Å². The highest BCUT2D eigenvalue weighted by Gasteiger charge is 2.55. The molecule has 19 heteroatoms. The summed E-state index contributed by atoms with van der Waals surface area (Å²) < 4.78 is 45.2. The van der Waals surface area contributed by atoms with Crippen molar-refractivity contribution >= 4 is 19.8 Å². The SMILES string of the molecule is CCCCCCCCCCCCCC=CC=CC(=O)OC(COC(=O)CCCCCCCCCCCCC)COP(=O)(O)OC1C(O)C(O)C(O)C(O)C1OC1OC(CO)C(O)C(O)C1O. The van der Waals surface area contributed by atoms with Gasteiger partial charge in [-0.3, -0.25) is 13.8 Å². The first-order chi connectivity index (χ1) is 31.7. The third-order valence-electron chi connectivity index (χ3n) is 12.0. The van der Waals surface area contributed by atoms with Crippen LogP contribution in [0.15, 0.2) is 24.3 Å². The number of hydrogen-bond donors (Lipinski definition) is 9. The summed E-state index contributed by atoms with van der Waals surface area (Å²) in [6.45, 7) is 2.11. The minimum atomic E-state index is -5.39. The zero-order valence-corrected chi connectivity index (χ0v) is 40.4. The van der Waals surface area contributed by atoms with E-state index in [2.05, 4.69) is 13.8 Å². The summed E-state index contributed by atoms with van der Waals surface area (Å²) in [5.41, 5.74) is 0. The summed E-state index contributed by atoms with van der Waals surface area (Å²) in [5.74, 6) is -1.47. The summed E-state index contributed by atoms with van der Waals surface area (Å²) in [6, 6.07) is 0. The van der Waals surface area contributed by atoms with Crippen LogP contribution in [0.2, 0.25) is 0 Å². The number of phosphoric ester groups is 1. The van der Waals surface area contributed by atoms with Gasteiger partial charge in [-0.2, -0.15) is 0 Å². The predicted octanol–water partition coefficient (Wildman–Crippen LogP) is 5.10. The number of allylic oxidation sites excluding steroid dienone is 3. The molecular formula is C47H85O18P. The van der Waals surface area contributed by atoms with Crippen molar-refractivity contribution in [1.82, 2.24) is 0 Å². The van der Waals surface area contributed by atoms with Crippen molar-refractivity contribution in [2.24, 2.45) is 0 Å². The number of hydrogen-bond acceptors (Lipinski definition) is 17. The normalized spacial score (nSPS) is 28.4. The van der Waals surface area contributed by atoms with Crippen LogP contribution in [0.1, 0.15) is 168 Å². The van der Waals surface area contributed by atoms with E-state index in [1.165, 1.54) is 102 Å². The Balaban J connectivity index is 2.00. The molecule has 1 heterocycles. The molecule has 1 saturated heterocycles. The molecule has 2 rings (SSSR count). The molecule has 386 valence electrons. The number of esters is 2. The van der Waals surface area contributed by atoms with Crippen molar-refractivity contribution in [1.29, 1.82) is 0 Å². The molecule has 0 radical (unpaired) electrons. The molecule has 0 spiro atoms. The highest BCUT2D eigenvalue weighted by atomic mass is 31.2. The maximum Gasteiger partial charge on any atom is 0.472 e. The fraction of sp³-hybridized carbons (Fsp3) is 0.872. The molecule has 9 N–H and O–H groups in total. The van der Waals surface area contributed by atoms with Gasteiger partial charge >= 0.3 is 19.8 Å². The summed E-state index contributed by atoms with van der Waals surface area (Å²) in [4.78, 5) is 36.3. The van der Waals surface area contributed by atoms with Crippen LogP contribution in [0.25, 0.3) is 0 Å². The number of ether oxygens (including phenoxy) is 4. The van der Waals surface area contributed by atoms with Crippen LogP contribution < -0.4 is 0 Å². The van der Waals surface area contributed by atoms with Crippen LogP contribution in [-0.4, -0.2) is 151 Å². The van der Waals surface area contributed by atoms with Gasteiger partial charge in [0.1, 0.15) is 67.6 Å². The van der Waals surface area contributed by atoms with Gasteiger partial charge in [0.15, 0.2) is 12.4 Å². The molecule has 2 fully saturated rings. The Morgan fingerprint density at radius 1 is 0.606 bits per heavy atom. The van der Waals surface area contributed by atoms with E-state index < -0.39 is 113 Å². The molecule has 18 nitrogen and oxygen atoms in total. The molecule has 1 saturated carbocycles. The molecule has 1 aliphatic heterocycles. The maximum atomic E-state index is 13.4. The molecule has 13 unspecified atom stereocenters. The van der Waals surface area contributed by atoms with Gasteiger partial charge in [0.25, 0.3) is 0 Å². The van der Waals surface area contributed by atoms with E-state index in [9.17, 15) is 59.9 Å². The number of carbonyl (C=O) groups excluding carboxylic acids is 2. The number of rotatable bonds is 37. The van der Waals surface area contributed by atoms with Crippen molar-refractivity contribution in [3.8, 4) is 0 Å². The largest absolute Gasteiger partial charge is 0.472 e. The summed E-state index contributed by atoms with van der Waals surface area (Å²) in [7, 11) is -5.39. The lowest BCUT2D eigenvalue weighted by atomic mass is 9.84. The standard InChI is InChI=1S/C47H85O18P/c1-3-5-7-9-11-13-15-16-17-18-20-22-24-26-28-30-37(50)62-34(32-60-36(49)29-27-25-23-21-19-14-12-10-8-6-4-2)33-61-66(58,59)65-46-43(56)41(54)40(53)42(55)45(46)64-47-44(57)39(52)38(51)35(31-48)63-47/h24,26,28,30,34-35,38-48,51-57H,3-23,25,27,29,31-33H2,1-2H3,(H,58,59). The van der Waals surface area contributed by atoms with Crippen molar-refractivity contribution in [3.05, 3.63) is 24.3 Å². The van der Waals surface area contributed by atoms with Gasteiger partial charge in [-0.1, -0.05) is 160 Å². The lowest BCUT2D eigenvalue weighted by molar-refractivity contribution is -0.338. The monoisotopic (exact) mass is 969 g/mol. The number of aliphatic hydroxyl groups excluding tert-OH is 8. The van der Waals surface area contributed by atoms with E-state index in [1.54, 1.807) is 6.08 Å². The number of unbranched alkanes of at least 4 members (excludes halogenated alkanes) is 21. The molecule has 0 aromatic rings. The molecular weight excluding hydrogens is 883 g/mol. The van der Waals surface area contributed by atoms with Gasteiger partial charge < -0.3 is 64.7 Å². The molecule has 0 aromatic heterocycles. The molecule has 2 aliphatic rings. The Morgan fingerprint density at radius 2 is 1.09 bits per heavy atom. The lowest BCUT2D eigenvalue weighted by Gasteiger charge is -2.47. The molecule has 0 amide bonds. The predicted molar refractivity (Wildman–Crippen MR) is 245 cm³/mol. The first kappa shape index (κ1) is 60.3. The van der Waals surface area contributed by atoms with E-state index in [0.29, 0.717) is 6.42 Å². The van der Waals surface area contributed by atoms with Gasteiger partial charge in [0.05, 0.1) is 13.2 Å². The minimum Gasteiger partial charge on any atom is -0.462 e. The van der Waals surface area contributed by atoms with E-state index >= 15 is 0 Å². The third-order valence-corrected chi connectivity index (χ3v) is 13.0. The van der Waals surface area contributed by atoms with Crippen LogP contribution in [0, 0.1) is 0 Å². The lowest BCUT2D eigenvalue weighted by Crippen LogP contribution is -2.67. The minimum absolute atomic E-state index is 0.0931. The van der Waals surface area contributed by atoms with Gasteiger partial charge in [-0.15, -0.1) is 0 Å². The van der Waals surface area contributed by atoms with Gasteiger partial charge in [0, 0.05) is 12.5 Å². The van der Waals surface area contributed by atoms with Gasteiger partial charge in [-0.25, -0.2) is 9.36 Å². The number of carbonyl (C=O) groups is 2. The highest BCUT2D eigenvalue weighted by molar-refractivity contribution is 7.47. The summed E-state index contributed by atoms with van der Waals surface area (Å²) in [5, 5.41) is 82.8. The number of aliphatic hydroxyl groups is 8. The Kier molecular flexibility index (Phi) is 32.2. The van der Waals surface area contributed by atoms with Crippen molar-refractivity contribution in [2.45, 2.75) is 241 Å². The molecule has 1 aliphatic carbocycles. The average Bonchev–Trinajstić information content (AvgIpc) is 3.29. The van der Waals surface area contributed by atoms with E-state index in [1.807, 2.05) is 6.08 Å². The van der Waals surface area contributed by atoms with Crippen LogP contribution in [0.5, 0.6) is 0 Å². The summed E-state index contributed by atoms with van der Waals surface area (Å²) in [6.07, 6.45) is 9.13. The second kappa shape index (κ2) is 35.3. The van der Waals surface area contributed by atoms with E-state index in [4.69, 9.17) is 28.0 Å². The van der Waals surface area contributed by atoms with Crippen LogP contribution in [-0.2, 0) is 42.1 Å². The van der Waals surface area contributed by atoms with Crippen LogP contribution >= 0.6 is 7.82 Å². The third kappa shape index (κ3) is 24.1. The zero-order valence-electron chi connectivity index (χ0n) is 39.5. The molecule has 0 bridgehead atoms. The highest BCUT2D eigenvalue weighted by Crippen LogP contribution is 2.48. The van der Waals surface area contributed by atoms with Crippen molar-refractivity contribution in [2.75, 3.05) is 19.8 Å². The smallest absolute Gasteiger partial charge is 0.462 e. The molecule has 0 aromatic carbocycles. The quantitative estimate of drug-likeness (QED) is 0.0129. The van der Waals surface area contributed by atoms with E-state index in [-0.39, 0.29) is 6.42 Å². The van der Waals surface area contributed by atoms with E-state index in [0.717, 1.165) is 51.0 Å². The van der Waals surface area contributed by atoms with Crippen LogP contribution in [0.3, 0.4) is 0 Å². The second-order valence-corrected chi connectivity index (χ2v) is 19.1. The second-order valence-electron chi connectivity index (χ2n) is 17.7. The first-order valence-corrected chi connectivity index (χ1v) is 26.2. The maximum absolute atomic E-state index is 13.4. The zero-order chi connectivity index (χ0) is 48.7. The topological polar surface area (TPSA) is 289 Å². The number of phosphoric acid groups is 1. The van der Waals surface area contributed by atoms with Gasteiger partial charge in [-0.05, 0) is 19.3 Å². The Labute approximate surface area is 392 Å². The van der Waals surface area contributed by atoms with Crippen molar-refractivity contribution in [3.63, 3.8) is 0 Å². The fourth-order valence-corrected chi connectivity index (χ4v) is 8.87. The fourth-order valence-electron chi connectivity index (χ4n) is 7.90. The van der Waals surface area contributed by atoms with Crippen LogP contribution in [0.4, 0.5) is 0 Å². The Bertz CT molecular complexity index is 1380. The summed E-state index contributed by atoms with van der Waals surface area (Å²) >= 11 is 0.